The van der Waals surface area contributed by atoms with Crippen LogP contribution < -0.4 is 0 Å². The summed E-state index contributed by atoms with van der Waals surface area (Å²) in [5.74, 6) is -2.14. The molecular weight excluding hydrogens is 223 g/mol. The highest BCUT2D eigenvalue weighted by Gasteiger charge is 2.24. The van der Waals surface area contributed by atoms with Crippen LogP contribution in [0.4, 0.5) is 22.0 Å². The van der Waals surface area contributed by atoms with E-state index in [1.807, 2.05) is 0 Å². The van der Waals surface area contributed by atoms with Gasteiger partial charge < -0.3 is 0 Å². The fourth-order valence-electron chi connectivity index (χ4n) is 0.219. The number of hydrogen-bond donors (Lipinski definition) is 0. The normalized spacial score (nSPS) is 14.5. The van der Waals surface area contributed by atoms with Crippen molar-refractivity contribution in [1.29, 1.82) is 0 Å². The molecule has 0 aliphatic rings. The molecule has 60 valence electrons. The minimum absolute atomic E-state index is 0.488. The largest absolute Gasteiger partial charge is 0.322 e. The average molecular weight is 225 g/mol. The van der Waals surface area contributed by atoms with Crippen molar-refractivity contribution in [3.63, 3.8) is 0 Å². The highest BCUT2D eigenvalue weighted by Crippen LogP contribution is 2.26. The third-order valence-corrected chi connectivity index (χ3v) is 0.739. The monoisotopic (exact) mass is 224 g/mol. The van der Waals surface area contributed by atoms with Crippen molar-refractivity contribution in [3.05, 3.63) is 11.9 Å². The fourth-order valence-corrected chi connectivity index (χ4v) is 0.438. The number of allylic oxidation sites excluding steroid dienone is 2. The first-order valence-electron chi connectivity index (χ1n) is 2.06. The Kier molecular flexibility index (Phi) is 3.27. The minimum atomic E-state index is -3.70. The standard InChI is InChI=1S/C4H2BrF5/c5-4(9,10)1-2(6)3(7)8/h1,3H. The summed E-state index contributed by atoms with van der Waals surface area (Å²) in [7, 11) is 0. The van der Waals surface area contributed by atoms with Gasteiger partial charge in [0.25, 0.3) is 6.43 Å². The third-order valence-electron chi connectivity index (χ3n) is 0.510. The van der Waals surface area contributed by atoms with Gasteiger partial charge in [0.1, 0.15) is 0 Å². The summed E-state index contributed by atoms with van der Waals surface area (Å²) in [6.07, 6.45) is -3.97. The number of rotatable bonds is 2. The molecule has 0 saturated carbocycles. The maximum atomic E-state index is 11.6. The Morgan fingerprint density at radius 1 is 1.40 bits per heavy atom. The molecule has 0 aromatic heterocycles. The van der Waals surface area contributed by atoms with Crippen LogP contribution in [0.2, 0.25) is 0 Å². The van der Waals surface area contributed by atoms with Crippen LogP contribution >= 0.6 is 15.9 Å². The molecule has 0 nitrogen and oxygen atoms in total. The van der Waals surface area contributed by atoms with Gasteiger partial charge in [-0.15, -0.1) is 0 Å². The van der Waals surface area contributed by atoms with Gasteiger partial charge in [-0.2, -0.15) is 8.78 Å². The van der Waals surface area contributed by atoms with E-state index in [-0.39, 0.29) is 0 Å². The zero-order valence-electron chi connectivity index (χ0n) is 4.42. The molecule has 0 saturated heterocycles. The van der Waals surface area contributed by atoms with Gasteiger partial charge in [-0.25, -0.2) is 13.2 Å². The second-order valence-electron chi connectivity index (χ2n) is 1.37. The van der Waals surface area contributed by atoms with Crippen molar-refractivity contribution < 1.29 is 22.0 Å². The lowest BCUT2D eigenvalue weighted by Gasteiger charge is -2.00. The highest BCUT2D eigenvalue weighted by molar-refractivity contribution is 9.10. The molecule has 0 radical (unpaired) electrons. The first kappa shape index (κ1) is 9.87. The van der Waals surface area contributed by atoms with Crippen molar-refractivity contribution in [3.8, 4) is 0 Å². The molecule has 0 heterocycles. The minimum Gasteiger partial charge on any atom is -0.206 e. The maximum absolute atomic E-state index is 11.6. The Morgan fingerprint density at radius 2 is 1.80 bits per heavy atom. The predicted octanol–water partition coefficient (Wildman–Crippen LogP) is 3.09. The molecular formula is C4H2BrF5. The average Bonchev–Trinajstić information content (AvgIpc) is 1.60. The summed E-state index contributed by atoms with van der Waals surface area (Å²) in [4.78, 5) is -3.70. The van der Waals surface area contributed by atoms with Crippen LogP contribution in [-0.4, -0.2) is 11.3 Å². The van der Waals surface area contributed by atoms with Gasteiger partial charge in [0.2, 0.25) is 0 Å². The summed E-state index contributed by atoms with van der Waals surface area (Å²) in [6.45, 7) is 0. The summed E-state index contributed by atoms with van der Waals surface area (Å²) in [5.41, 5.74) is 0. The highest BCUT2D eigenvalue weighted by atomic mass is 79.9. The Hall–Kier alpha value is -0.130. The van der Waals surface area contributed by atoms with Crippen molar-refractivity contribution in [2.24, 2.45) is 0 Å². The topological polar surface area (TPSA) is 0 Å². The molecule has 0 rings (SSSR count). The zero-order chi connectivity index (χ0) is 8.36. The molecule has 10 heavy (non-hydrogen) atoms. The molecule has 0 aliphatic heterocycles. The molecule has 0 N–H and O–H groups in total. The Labute approximate surface area is 61.8 Å². The van der Waals surface area contributed by atoms with Gasteiger partial charge in [-0.1, -0.05) is 0 Å². The van der Waals surface area contributed by atoms with Crippen molar-refractivity contribution >= 4 is 15.9 Å². The quantitative estimate of drug-likeness (QED) is 0.500. The summed E-state index contributed by atoms with van der Waals surface area (Å²) in [6, 6.07) is 0. The molecule has 0 aromatic rings. The van der Waals surface area contributed by atoms with E-state index < -0.39 is 23.2 Å². The van der Waals surface area contributed by atoms with Gasteiger partial charge in [0.15, 0.2) is 5.83 Å². The van der Waals surface area contributed by atoms with E-state index in [0.717, 1.165) is 0 Å². The lowest BCUT2D eigenvalue weighted by molar-refractivity contribution is 0.136. The first-order chi connectivity index (χ1) is 4.33. The maximum Gasteiger partial charge on any atom is 0.322 e. The van der Waals surface area contributed by atoms with Crippen molar-refractivity contribution in [2.75, 3.05) is 0 Å². The number of hydrogen-bond acceptors (Lipinski definition) is 0. The molecule has 0 spiro atoms. The first-order valence-corrected chi connectivity index (χ1v) is 2.85. The van der Waals surface area contributed by atoms with Gasteiger partial charge >= 0.3 is 4.83 Å². The van der Waals surface area contributed by atoms with Crippen molar-refractivity contribution in [2.45, 2.75) is 11.3 Å². The van der Waals surface area contributed by atoms with E-state index in [0.29, 0.717) is 0 Å². The van der Waals surface area contributed by atoms with E-state index >= 15 is 0 Å². The van der Waals surface area contributed by atoms with Crippen LogP contribution in [0.3, 0.4) is 0 Å². The molecule has 0 aromatic carbocycles. The predicted molar refractivity (Wildman–Crippen MR) is 29.1 cm³/mol. The smallest absolute Gasteiger partial charge is 0.206 e. The summed E-state index contributed by atoms with van der Waals surface area (Å²) in [5, 5.41) is 0. The Balaban J connectivity index is 4.17. The molecule has 0 amide bonds. The lowest BCUT2D eigenvalue weighted by Crippen LogP contribution is -2.02. The van der Waals surface area contributed by atoms with Crippen LogP contribution in [-0.2, 0) is 0 Å². The van der Waals surface area contributed by atoms with Crippen LogP contribution in [0.1, 0.15) is 0 Å². The molecule has 0 atom stereocenters. The zero-order valence-corrected chi connectivity index (χ0v) is 6.01. The third kappa shape index (κ3) is 4.72. The molecule has 0 unspecified atom stereocenters. The molecule has 0 fully saturated rings. The molecule has 0 aliphatic carbocycles. The summed E-state index contributed by atoms with van der Waals surface area (Å²) < 4.78 is 57.1. The van der Waals surface area contributed by atoms with Crippen LogP contribution in [0, 0.1) is 0 Å². The summed E-state index contributed by atoms with van der Waals surface area (Å²) >= 11 is 1.66. The number of halogens is 6. The van der Waals surface area contributed by atoms with E-state index in [9.17, 15) is 22.0 Å². The van der Waals surface area contributed by atoms with E-state index in [2.05, 4.69) is 0 Å². The second kappa shape index (κ2) is 3.32. The van der Waals surface area contributed by atoms with Gasteiger partial charge in [-0.3, -0.25) is 0 Å². The van der Waals surface area contributed by atoms with Crippen LogP contribution in [0.25, 0.3) is 0 Å². The second-order valence-corrected chi connectivity index (χ2v) is 2.43. The number of alkyl halides is 5. The molecule has 0 bridgehead atoms. The fraction of sp³-hybridized carbons (Fsp3) is 0.500. The van der Waals surface area contributed by atoms with Gasteiger partial charge in [0, 0.05) is 6.08 Å². The van der Waals surface area contributed by atoms with Gasteiger partial charge in [0.05, 0.1) is 0 Å². The van der Waals surface area contributed by atoms with E-state index in [1.54, 1.807) is 15.9 Å². The van der Waals surface area contributed by atoms with Crippen LogP contribution in [0.5, 0.6) is 0 Å². The van der Waals surface area contributed by atoms with E-state index in [1.165, 1.54) is 0 Å². The van der Waals surface area contributed by atoms with Gasteiger partial charge in [-0.05, 0) is 15.9 Å². The van der Waals surface area contributed by atoms with Crippen LogP contribution in [0.15, 0.2) is 11.9 Å². The van der Waals surface area contributed by atoms with E-state index in [4.69, 9.17) is 0 Å². The SMILES string of the molecule is FC(=CC(F)(F)Br)C(F)F. The Bertz CT molecular complexity index is 135. The Morgan fingerprint density at radius 3 is 1.90 bits per heavy atom. The lowest BCUT2D eigenvalue weighted by atomic mass is 10.5. The van der Waals surface area contributed by atoms with Crippen molar-refractivity contribution in [1.82, 2.24) is 0 Å². The molecule has 6 heteroatoms.